The standard InChI is InChI=1S/C11H17O4/c1-4-12-5-6-13-7-8-14-11-10(15-11)9(2)3/h4,10-11H,1-3,5-8H2/q+1. The molecular formula is C11H17O4+. The molecule has 4 heteroatoms. The van der Waals surface area contributed by atoms with E-state index in [0.29, 0.717) is 26.4 Å². The molecule has 1 heterocycles. The summed E-state index contributed by atoms with van der Waals surface area (Å²) in [7, 11) is 0. The van der Waals surface area contributed by atoms with Crippen LogP contribution >= 0.6 is 0 Å². The van der Waals surface area contributed by atoms with E-state index in [1.54, 1.807) is 0 Å². The third-order valence-electron chi connectivity index (χ3n) is 1.83. The average molecular weight is 213 g/mol. The molecule has 0 aromatic carbocycles. The van der Waals surface area contributed by atoms with Crippen molar-refractivity contribution in [3.8, 4) is 0 Å². The van der Waals surface area contributed by atoms with Gasteiger partial charge >= 0.3 is 0 Å². The molecule has 0 aliphatic carbocycles. The lowest BCUT2D eigenvalue weighted by molar-refractivity contribution is -0.00315. The zero-order valence-corrected chi connectivity index (χ0v) is 8.81. The summed E-state index contributed by atoms with van der Waals surface area (Å²) < 4.78 is 20.6. The quantitative estimate of drug-likeness (QED) is 0.250. The summed E-state index contributed by atoms with van der Waals surface area (Å²) in [5.74, 6) is 0. The van der Waals surface area contributed by atoms with Crippen molar-refractivity contribution in [2.75, 3.05) is 26.4 Å². The highest BCUT2D eigenvalue weighted by Crippen LogP contribution is 2.28. The molecule has 84 valence electrons. The van der Waals surface area contributed by atoms with Gasteiger partial charge in [0.25, 0.3) is 0 Å². The van der Waals surface area contributed by atoms with E-state index in [9.17, 15) is 0 Å². The van der Waals surface area contributed by atoms with Crippen LogP contribution in [0.2, 0.25) is 0 Å². The molecule has 0 bridgehead atoms. The second-order valence-corrected chi connectivity index (χ2v) is 3.10. The van der Waals surface area contributed by atoms with Gasteiger partial charge < -0.3 is 18.9 Å². The Bertz CT molecular complexity index is 215. The van der Waals surface area contributed by atoms with Crippen molar-refractivity contribution in [3.05, 3.63) is 31.9 Å². The van der Waals surface area contributed by atoms with Gasteiger partial charge in [0.2, 0.25) is 0 Å². The van der Waals surface area contributed by atoms with E-state index in [1.807, 2.05) is 0 Å². The maximum absolute atomic E-state index is 5.32. The molecule has 1 saturated heterocycles. The fourth-order valence-corrected chi connectivity index (χ4v) is 1.03. The SMILES string of the molecule is C=COCCOCCOC1OC1C(=C)[CH2+]. The first kappa shape index (κ1) is 12.1. The Balaban J connectivity index is 1.82. The predicted octanol–water partition coefficient (Wildman–Crippen LogP) is 1.29. The second kappa shape index (κ2) is 6.50. The number of rotatable bonds is 9. The molecule has 2 atom stereocenters. The Kier molecular flexibility index (Phi) is 5.25. The van der Waals surface area contributed by atoms with Gasteiger partial charge in [-0.3, -0.25) is 0 Å². The number of hydrogen-bond acceptors (Lipinski definition) is 4. The number of epoxide rings is 1. The minimum absolute atomic E-state index is 0.0332. The van der Waals surface area contributed by atoms with Gasteiger partial charge in [-0.15, -0.1) is 0 Å². The highest BCUT2D eigenvalue weighted by atomic mass is 16.8. The lowest BCUT2D eigenvalue weighted by atomic mass is 10.2. The largest absolute Gasteiger partial charge is 0.499 e. The van der Waals surface area contributed by atoms with E-state index in [4.69, 9.17) is 18.9 Å². The van der Waals surface area contributed by atoms with Gasteiger partial charge in [-0.25, -0.2) is 0 Å². The molecule has 0 radical (unpaired) electrons. The van der Waals surface area contributed by atoms with Crippen molar-refractivity contribution in [1.82, 2.24) is 0 Å². The van der Waals surface area contributed by atoms with Gasteiger partial charge in [0, 0.05) is 13.5 Å². The van der Waals surface area contributed by atoms with Crippen molar-refractivity contribution in [2.24, 2.45) is 0 Å². The third kappa shape index (κ3) is 4.88. The Morgan fingerprint density at radius 3 is 2.67 bits per heavy atom. The zero-order chi connectivity index (χ0) is 11.1. The summed E-state index contributed by atoms with van der Waals surface area (Å²) in [5, 5.41) is 0. The predicted molar refractivity (Wildman–Crippen MR) is 56.1 cm³/mol. The molecule has 15 heavy (non-hydrogen) atoms. The monoisotopic (exact) mass is 213 g/mol. The van der Waals surface area contributed by atoms with E-state index in [0.717, 1.165) is 5.57 Å². The smallest absolute Gasteiger partial charge is 0.193 e. The van der Waals surface area contributed by atoms with Crippen LogP contribution in [0.4, 0.5) is 0 Å². The van der Waals surface area contributed by atoms with Crippen LogP contribution in [-0.4, -0.2) is 38.8 Å². The van der Waals surface area contributed by atoms with Crippen molar-refractivity contribution in [1.29, 1.82) is 0 Å². The maximum atomic E-state index is 5.32. The summed E-state index contributed by atoms with van der Waals surface area (Å²) >= 11 is 0. The van der Waals surface area contributed by atoms with Crippen LogP contribution in [0.25, 0.3) is 0 Å². The molecular weight excluding hydrogens is 196 g/mol. The molecule has 1 aliphatic heterocycles. The molecule has 1 rings (SSSR count). The first-order valence-corrected chi connectivity index (χ1v) is 4.83. The summed E-state index contributed by atoms with van der Waals surface area (Å²) in [6.45, 7) is 12.8. The fourth-order valence-electron chi connectivity index (χ4n) is 1.03. The Morgan fingerprint density at radius 1 is 1.33 bits per heavy atom. The minimum atomic E-state index is -0.178. The van der Waals surface area contributed by atoms with Crippen LogP contribution in [0.15, 0.2) is 25.0 Å². The first-order valence-electron chi connectivity index (χ1n) is 4.83. The molecule has 0 aromatic rings. The van der Waals surface area contributed by atoms with Gasteiger partial charge in [0.15, 0.2) is 12.4 Å². The zero-order valence-electron chi connectivity index (χ0n) is 8.81. The van der Waals surface area contributed by atoms with Gasteiger partial charge in [-0.2, -0.15) is 0 Å². The number of hydrogen-bond donors (Lipinski definition) is 0. The third-order valence-corrected chi connectivity index (χ3v) is 1.83. The van der Waals surface area contributed by atoms with Crippen LogP contribution in [0.5, 0.6) is 0 Å². The van der Waals surface area contributed by atoms with Gasteiger partial charge in [0.05, 0.1) is 26.1 Å². The van der Waals surface area contributed by atoms with Crippen molar-refractivity contribution < 1.29 is 18.9 Å². The Hall–Kier alpha value is -0.970. The summed E-state index contributed by atoms with van der Waals surface area (Å²) in [5.41, 5.74) is 0.750. The summed E-state index contributed by atoms with van der Waals surface area (Å²) in [6.07, 6.45) is 1.18. The fraction of sp³-hybridized carbons (Fsp3) is 0.545. The second-order valence-electron chi connectivity index (χ2n) is 3.10. The average Bonchev–Trinajstić information content (AvgIpc) is 2.96. The molecule has 0 saturated carbocycles. The lowest BCUT2D eigenvalue weighted by Crippen LogP contribution is -2.10. The van der Waals surface area contributed by atoms with Crippen LogP contribution in [0.1, 0.15) is 0 Å². The molecule has 0 spiro atoms. The van der Waals surface area contributed by atoms with E-state index in [-0.39, 0.29) is 12.4 Å². The molecule has 2 unspecified atom stereocenters. The molecule has 0 amide bonds. The van der Waals surface area contributed by atoms with Gasteiger partial charge in [-0.05, 0) is 0 Å². The van der Waals surface area contributed by atoms with Crippen molar-refractivity contribution in [3.63, 3.8) is 0 Å². The van der Waals surface area contributed by atoms with E-state index >= 15 is 0 Å². The Morgan fingerprint density at radius 2 is 2.07 bits per heavy atom. The molecule has 4 nitrogen and oxygen atoms in total. The van der Waals surface area contributed by atoms with Crippen LogP contribution < -0.4 is 0 Å². The van der Waals surface area contributed by atoms with E-state index < -0.39 is 0 Å². The Labute approximate surface area is 90.5 Å². The number of ether oxygens (including phenoxy) is 4. The minimum Gasteiger partial charge on any atom is -0.499 e. The summed E-state index contributed by atoms with van der Waals surface area (Å²) in [6, 6.07) is 0. The van der Waals surface area contributed by atoms with Crippen molar-refractivity contribution >= 4 is 0 Å². The maximum Gasteiger partial charge on any atom is 0.193 e. The van der Waals surface area contributed by atoms with Crippen LogP contribution in [0, 0.1) is 6.92 Å². The molecule has 1 aliphatic rings. The normalized spacial score (nSPS) is 23.5. The first-order chi connectivity index (χ1) is 7.25. The summed E-state index contributed by atoms with van der Waals surface area (Å²) in [4.78, 5) is 0. The van der Waals surface area contributed by atoms with Crippen LogP contribution in [0.3, 0.4) is 0 Å². The molecule has 0 aromatic heterocycles. The van der Waals surface area contributed by atoms with Crippen LogP contribution in [-0.2, 0) is 18.9 Å². The van der Waals surface area contributed by atoms with Gasteiger partial charge in [0.1, 0.15) is 12.2 Å². The highest BCUT2D eigenvalue weighted by molar-refractivity contribution is 5.12. The van der Waals surface area contributed by atoms with E-state index in [2.05, 4.69) is 20.1 Å². The topological polar surface area (TPSA) is 40.2 Å². The van der Waals surface area contributed by atoms with E-state index in [1.165, 1.54) is 6.26 Å². The lowest BCUT2D eigenvalue weighted by Gasteiger charge is -2.03. The highest BCUT2D eigenvalue weighted by Gasteiger charge is 2.43. The van der Waals surface area contributed by atoms with Crippen molar-refractivity contribution in [2.45, 2.75) is 12.4 Å². The molecule has 0 N–H and O–H groups in total. The molecule has 1 fully saturated rings. The van der Waals surface area contributed by atoms with Gasteiger partial charge in [-0.1, -0.05) is 6.58 Å².